The first-order valence-electron chi connectivity index (χ1n) is 3.68. The summed E-state index contributed by atoms with van der Waals surface area (Å²) in [6, 6.07) is 0. The van der Waals surface area contributed by atoms with E-state index in [0.29, 0.717) is 0 Å². The Bertz CT molecular complexity index is 103. The molecule has 0 unspecified atom stereocenters. The van der Waals surface area contributed by atoms with Crippen LogP contribution in [0, 0.1) is 5.92 Å². The maximum atomic E-state index is 3.88. The standard InChI is InChI=1S/C8H15N/c1-7(9-2)6-8-4-3-5-8/h8-9H,1,3-6H2,2H3. The lowest BCUT2D eigenvalue weighted by atomic mass is 9.82. The Kier molecular flexibility index (Phi) is 2.15. The molecule has 9 heavy (non-hydrogen) atoms. The highest BCUT2D eigenvalue weighted by molar-refractivity contribution is 4.93. The molecule has 0 spiro atoms. The van der Waals surface area contributed by atoms with Crippen molar-refractivity contribution < 1.29 is 0 Å². The number of allylic oxidation sites excluding steroid dienone is 1. The summed E-state index contributed by atoms with van der Waals surface area (Å²) in [6.45, 7) is 3.88. The van der Waals surface area contributed by atoms with E-state index in [1.165, 1.54) is 31.4 Å². The van der Waals surface area contributed by atoms with Crippen molar-refractivity contribution in [3.63, 3.8) is 0 Å². The summed E-state index contributed by atoms with van der Waals surface area (Å²) in [7, 11) is 1.95. The average molecular weight is 125 g/mol. The second-order valence-corrected chi connectivity index (χ2v) is 2.85. The van der Waals surface area contributed by atoms with Crippen molar-refractivity contribution in [1.82, 2.24) is 5.32 Å². The molecule has 1 fully saturated rings. The Labute approximate surface area is 57.1 Å². The second kappa shape index (κ2) is 2.90. The fraction of sp³-hybridized carbons (Fsp3) is 0.750. The van der Waals surface area contributed by atoms with Crippen molar-refractivity contribution in [2.24, 2.45) is 5.92 Å². The van der Waals surface area contributed by atoms with Gasteiger partial charge in [-0.1, -0.05) is 25.8 Å². The first-order chi connectivity index (χ1) is 4.33. The van der Waals surface area contributed by atoms with Gasteiger partial charge in [-0.3, -0.25) is 0 Å². The molecule has 0 aromatic carbocycles. The molecule has 0 amide bonds. The van der Waals surface area contributed by atoms with Crippen LogP contribution in [0.1, 0.15) is 25.7 Å². The number of hydrogen-bond acceptors (Lipinski definition) is 1. The lowest BCUT2D eigenvalue weighted by Crippen LogP contribution is -2.15. The molecule has 0 heterocycles. The van der Waals surface area contributed by atoms with Crippen LogP contribution in [0.4, 0.5) is 0 Å². The van der Waals surface area contributed by atoms with Crippen LogP contribution in [0.15, 0.2) is 12.3 Å². The van der Waals surface area contributed by atoms with E-state index in [9.17, 15) is 0 Å². The SMILES string of the molecule is C=C(CC1CCC1)NC. The highest BCUT2D eigenvalue weighted by atomic mass is 14.8. The zero-order chi connectivity index (χ0) is 6.69. The third kappa shape index (κ3) is 1.74. The first-order valence-corrected chi connectivity index (χ1v) is 3.68. The van der Waals surface area contributed by atoms with Gasteiger partial charge in [0.1, 0.15) is 0 Å². The van der Waals surface area contributed by atoms with E-state index in [4.69, 9.17) is 0 Å². The second-order valence-electron chi connectivity index (χ2n) is 2.85. The summed E-state index contributed by atoms with van der Waals surface area (Å²) in [4.78, 5) is 0. The van der Waals surface area contributed by atoms with Crippen molar-refractivity contribution in [2.75, 3.05) is 7.05 Å². The highest BCUT2D eigenvalue weighted by Crippen LogP contribution is 2.30. The van der Waals surface area contributed by atoms with Gasteiger partial charge in [-0.25, -0.2) is 0 Å². The molecule has 1 N–H and O–H groups in total. The van der Waals surface area contributed by atoms with Crippen molar-refractivity contribution in [3.05, 3.63) is 12.3 Å². The molecule has 0 aromatic rings. The Morgan fingerprint density at radius 2 is 2.33 bits per heavy atom. The van der Waals surface area contributed by atoms with Gasteiger partial charge in [0.15, 0.2) is 0 Å². The van der Waals surface area contributed by atoms with Crippen LogP contribution in [-0.4, -0.2) is 7.05 Å². The number of rotatable bonds is 3. The predicted molar refractivity (Wildman–Crippen MR) is 40.2 cm³/mol. The molecule has 1 aliphatic rings. The summed E-state index contributed by atoms with van der Waals surface area (Å²) in [6.07, 6.45) is 5.46. The Morgan fingerprint density at radius 1 is 1.67 bits per heavy atom. The topological polar surface area (TPSA) is 12.0 Å². The lowest BCUT2D eigenvalue weighted by molar-refractivity contribution is 0.310. The smallest absolute Gasteiger partial charge is 0.00338 e. The van der Waals surface area contributed by atoms with Crippen molar-refractivity contribution >= 4 is 0 Å². The van der Waals surface area contributed by atoms with Crippen LogP contribution >= 0.6 is 0 Å². The Morgan fingerprint density at radius 3 is 2.67 bits per heavy atom. The van der Waals surface area contributed by atoms with Gasteiger partial charge >= 0.3 is 0 Å². The molecule has 0 aliphatic heterocycles. The zero-order valence-corrected chi connectivity index (χ0v) is 6.11. The lowest BCUT2D eigenvalue weighted by Gasteiger charge is -2.25. The molecule has 1 aliphatic carbocycles. The molecular weight excluding hydrogens is 110 g/mol. The fourth-order valence-electron chi connectivity index (χ4n) is 1.15. The summed E-state index contributed by atoms with van der Waals surface area (Å²) in [5.41, 5.74) is 1.19. The molecule has 0 atom stereocenters. The van der Waals surface area contributed by atoms with Gasteiger partial charge in [-0.05, 0) is 12.3 Å². The highest BCUT2D eigenvalue weighted by Gasteiger charge is 2.17. The third-order valence-electron chi connectivity index (χ3n) is 2.11. The van der Waals surface area contributed by atoms with Crippen LogP contribution in [0.5, 0.6) is 0 Å². The largest absolute Gasteiger partial charge is 0.392 e. The van der Waals surface area contributed by atoms with Gasteiger partial charge in [0.2, 0.25) is 0 Å². The maximum Gasteiger partial charge on any atom is 0.00338 e. The quantitative estimate of drug-likeness (QED) is 0.607. The molecule has 0 bridgehead atoms. The van der Waals surface area contributed by atoms with Gasteiger partial charge < -0.3 is 5.32 Å². The number of hydrogen-bond donors (Lipinski definition) is 1. The molecule has 1 nitrogen and oxygen atoms in total. The van der Waals surface area contributed by atoms with E-state index in [1.54, 1.807) is 0 Å². The van der Waals surface area contributed by atoms with E-state index < -0.39 is 0 Å². The predicted octanol–water partition coefficient (Wildman–Crippen LogP) is 1.91. The van der Waals surface area contributed by atoms with Gasteiger partial charge in [0.05, 0.1) is 0 Å². The van der Waals surface area contributed by atoms with Crippen LogP contribution < -0.4 is 5.32 Å². The normalized spacial score (nSPS) is 18.8. The molecule has 1 rings (SSSR count). The van der Waals surface area contributed by atoms with Crippen molar-refractivity contribution in [1.29, 1.82) is 0 Å². The van der Waals surface area contributed by atoms with E-state index in [2.05, 4.69) is 11.9 Å². The molecule has 52 valence electrons. The van der Waals surface area contributed by atoms with Crippen molar-refractivity contribution in [2.45, 2.75) is 25.7 Å². The minimum absolute atomic E-state index is 0.949. The van der Waals surface area contributed by atoms with Gasteiger partial charge in [-0.2, -0.15) is 0 Å². The molecule has 1 saturated carbocycles. The molecule has 0 saturated heterocycles. The Balaban J connectivity index is 2.09. The average Bonchev–Trinajstić information content (AvgIpc) is 1.78. The van der Waals surface area contributed by atoms with Gasteiger partial charge in [0, 0.05) is 12.7 Å². The number of nitrogens with one attached hydrogen (secondary N) is 1. The maximum absolute atomic E-state index is 3.88. The fourth-order valence-corrected chi connectivity index (χ4v) is 1.15. The van der Waals surface area contributed by atoms with Crippen LogP contribution in [0.25, 0.3) is 0 Å². The van der Waals surface area contributed by atoms with Crippen molar-refractivity contribution in [3.8, 4) is 0 Å². The molecule has 1 heteroatoms. The van der Waals surface area contributed by atoms with E-state index >= 15 is 0 Å². The third-order valence-corrected chi connectivity index (χ3v) is 2.11. The van der Waals surface area contributed by atoms with Gasteiger partial charge in [0.25, 0.3) is 0 Å². The summed E-state index contributed by atoms with van der Waals surface area (Å²) in [5, 5.41) is 3.07. The molecule has 0 aromatic heterocycles. The molecular formula is C8H15N. The summed E-state index contributed by atoms with van der Waals surface area (Å²) in [5.74, 6) is 0.949. The Hall–Kier alpha value is -0.460. The van der Waals surface area contributed by atoms with E-state index in [-0.39, 0.29) is 0 Å². The van der Waals surface area contributed by atoms with Crippen LogP contribution in [0.3, 0.4) is 0 Å². The van der Waals surface area contributed by atoms with E-state index in [0.717, 1.165) is 5.92 Å². The zero-order valence-electron chi connectivity index (χ0n) is 6.11. The monoisotopic (exact) mass is 125 g/mol. The minimum Gasteiger partial charge on any atom is -0.392 e. The first kappa shape index (κ1) is 6.66. The van der Waals surface area contributed by atoms with Crippen LogP contribution in [0.2, 0.25) is 0 Å². The summed E-state index contributed by atoms with van der Waals surface area (Å²) < 4.78 is 0. The molecule has 0 radical (unpaired) electrons. The minimum atomic E-state index is 0.949. The summed E-state index contributed by atoms with van der Waals surface area (Å²) >= 11 is 0. The van der Waals surface area contributed by atoms with E-state index in [1.807, 2.05) is 7.05 Å². The van der Waals surface area contributed by atoms with Gasteiger partial charge in [-0.15, -0.1) is 0 Å². The van der Waals surface area contributed by atoms with Crippen LogP contribution in [-0.2, 0) is 0 Å².